The van der Waals surface area contributed by atoms with E-state index in [9.17, 15) is 17.6 Å². The van der Waals surface area contributed by atoms with Gasteiger partial charge in [0.25, 0.3) is 5.50 Å². The Morgan fingerprint density at radius 3 is 2.21 bits per heavy atom. The summed E-state index contributed by atoms with van der Waals surface area (Å²) < 4.78 is 41.7. The third kappa shape index (κ3) is 2.36. The molecular weight excluding hydrogens is 211 g/mol. The van der Waals surface area contributed by atoms with Gasteiger partial charge in [0.2, 0.25) is 5.78 Å². The number of carbonyl (C=O) groups excluding carboxylic acids is 1. The molecule has 0 aliphatic rings. The zero-order valence-corrected chi connectivity index (χ0v) is 7.74. The standard InChI is InChI=1S/C8H7FO4S/c9-8(14(11,12)13)7(10)6-4-2-1-3-5-6/h1-5,8H,(H,11,12,13)/t8-/m1/s1. The minimum atomic E-state index is -4.97. The third-order valence-electron chi connectivity index (χ3n) is 1.53. The number of rotatable bonds is 3. The molecule has 1 rings (SSSR count). The normalized spacial score (nSPS) is 13.6. The van der Waals surface area contributed by atoms with Crippen LogP contribution in [0.4, 0.5) is 4.39 Å². The molecule has 14 heavy (non-hydrogen) atoms. The Kier molecular flexibility index (Phi) is 2.97. The average molecular weight is 218 g/mol. The van der Waals surface area contributed by atoms with E-state index < -0.39 is 21.4 Å². The molecule has 0 unspecified atom stereocenters. The first-order valence-corrected chi connectivity index (χ1v) is 5.13. The summed E-state index contributed by atoms with van der Waals surface area (Å²) in [6.07, 6.45) is 0. The van der Waals surface area contributed by atoms with Crippen molar-refractivity contribution < 1.29 is 22.2 Å². The molecule has 4 nitrogen and oxygen atoms in total. The summed E-state index contributed by atoms with van der Waals surface area (Å²) in [5, 5.41) is 0. The van der Waals surface area contributed by atoms with E-state index in [4.69, 9.17) is 4.55 Å². The van der Waals surface area contributed by atoms with Gasteiger partial charge >= 0.3 is 10.1 Å². The number of carbonyl (C=O) groups is 1. The fourth-order valence-electron chi connectivity index (χ4n) is 0.869. The number of Topliss-reactive ketones (excluding diaryl/α,β-unsaturated/α-hetero) is 1. The second-order valence-corrected chi connectivity index (χ2v) is 4.01. The summed E-state index contributed by atoms with van der Waals surface area (Å²) in [7, 11) is -4.97. The van der Waals surface area contributed by atoms with Crippen LogP contribution in [-0.2, 0) is 10.1 Å². The van der Waals surface area contributed by atoms with Crippen LogP contribution in [0.5, 0.6) is 0 Å². The molecule has 1 N–H and O–H groups in total. The minimum absolute atomic E-state index is 0.0994. The highest BCUT2D eigenvalue weighted by Gasteiger charge is 2.31. The van der Waals surface area contributed by atoms with Crippen molar-refractivity contribution in [3.63, 3.8) is 0 Å². The first kappa shape index (κ1) is 10.8. The van der Waals surface area contributed by atoms with Crippen molar-refractivity contribution in [2.45, 2.75) is 5.50 Å². The van der Waals surface area contributed by atoms with Gasteiger partial charge in [0.1, 0.15) is 0 Å². The molecule has 0 aliphatic heterocycles. The number of benzene rings is 1. The molecule has 0 spiro atoms. The second-order valence-electron chi connectivity index (χ2n) is 2.56. The molecule has 0 bridgehead atoms. The summed E-state index contributed by atoms with van der Waals surface area (Å²) in [4.78, 5) is 11.1. The smallest absolute Gasteiger partial charge is 0.290 e. The van der Waals surface area contributed by atoms with Gasteiger partial charge in [0.05, 0.1) is 0 Å². The molecular formula is C8H7FO4S. The number of hydrogen-bond acceptors (Lipinski definition) is 3. The van der Waals surface area contributed by atoms with Gasteiger partial charge in [-0.05, 0) is 0 Å². The molecule has 0 fully saturated rings. The van der Waals surface area contributed by atoms with Crippen LogP contribution in [-0.4, -0.2) is 24.3 Å². The third-order valence-corrected chi connectivity index (χ3v) is 2.26. The lowest BCUT2D eigenvalue weighted by molar-refractivity contribution is 0.0928. The predicted octanol–water partition coefficient (Wildman–Crippen LogP) is 1.05. The van der Waals surface area contributed by atoms with Crippen LogP contribution in [0.2, 0.25) is 0 Å². The molecule has 0 amide bonds. The van der Waals surface area contributed by atoms with Gasteiger partial charge in [-0.3, -0.25) is 9.35 Å². The Balaban J connectivity index is 2.99. The summed E-state index contributed by atoms with van der Waals surface area (Å²) in [5.41, 5.74) is -3.01. The average Bonchev–Trinajstić information content (AvgIpc) is 2.15. The minimum Gasteiger partial charge on any atom is -0.290 e. The molecule has 0 aliphatic carbocycles. The summed E-state index contributed by atoms with van der Waals surface area (Å²) in [5.74, 6) is -1.27. The van der Waals surface area contributed by atoms with E-state index in [1.54, 1.807) is 6.07 Å². The van der Waals surface area contributed by atoms with Gasteiger partial charge in [-0.25, -0.2) is 4.39 Å². The van der Waals surface area contributed by atoms with Gasteiger partial charge in [-0.15, -0.1) is 0 Å². The van der Waals surface area contributed by atoms with Crippen LogP contribution in [0.3, 0.4) is 0 Å². The van der Waals surface area contributed by atoms with Gasteiger partial charge < -0.3 is 0 Å². The van der Waals surface area contributed by atoms with Crippen LogP contribution in [0.1, 0.15) is 10.4 Å². The van der Waals surface area contributed by atoms with E-state index in [1.165, 1.54) is 24.3 Å². The highest BCUT2D eigenvalue weighted by molar-refractivity contribution is 7.87. The highest BCUT2D eigenvalue weighted by Crippen LogP contribution is 2.10. The number of ketones is 1. The van der Waals surface area contributed by atoms with E-state index >= 15 is 0 Å². The first-order valence-electron chi connectivity index (χ1n) is 3.62. The molecule has 1 aromatic rings. The van der Waals surface area contributed by atoms with Gasteiger partial charge in [0, 0.05) is 5.56 Å². The van der Waals surface area contributed by atoms with Crippen LogP contribution in [0.25, 0.3) is 0 Å². The molecule has 76 valence electrons. The summed E-state index contributed by atoms with van der Waals surface area (Å²) in [6, 6.07) is 7.05. The largest absolute Gasteiger partial charge is 0.305 e. The molecule has 1 atom stereocenters. The van der Waals surface area contributed by atoms with Gasteiger partial charge in [0.15, 0.2) is 0 Å². The number of halogens is 1. The number of hydrogen-bond donors (Lipinski definition) is 1. The number of alkyl halides is 1. The quantitative estimate of drug-likeness (QED) is 0.608. The lowest BCUT2D eigenvalue weighted by Crippen LogP contribution is -2.25. The monoisotopic (exact) mass is 218 g/mol. The lowest BCUT2D eigenvalue weighted by Gasteiger charge is -2.02. The van der Waals surface area contributed by atoms with E-state index in [-0.39, 0.29) is 5.56 Å². The molecule has 6 heteroatoms. The first-order chi connectivity index (χ1) is 6.43. The Hall–Kier alpha value is -1.27. The van der Waals surface area contributed by atoms with E-state index in [0.29, 0.717) is 0 Å². The molecule has 0 heterocycles. The van der Waals surface area contributed by atoms with Gasteiger partial charge in [-0.1, -0.05) is 30.3 Å². The van der Waals surface area contributed by atoms with E-state index in [1.807, 2.05) is 0 Å². The Labute approximate surface area is 80.1 Å². The Morgan fingerprint density at radius 1 is 1.29 bits per heavy atom. The van der Waals surface area contributed by atoms with Crippen molar-refractivity contribution in [1.82, 2.24) is 0 Å². The van der Waals surface area contributed by atoms with Crippen LogP contribution in [0.15, 0.2) is 30.3 Å². The fourth-order valence-corrected chi connectivity index (χ4v) is 1.28. The van der Waals surface area contributed by atoms with Crippen molar-refractivity contribution in [3.8, 4) is 0 Å². The van der Waals surface area contributed by atoms with Crippen molar-refractivity contribution in [3.05, 3.63) is 35.9 Å². The zero-order chi connectivity index (χ0) is 10.8. The molecule has 1 aromatic carbocycles. The van der Waals surface area contributed by atoms with Crippen LogP contribution in [0, 0.1) is 0 Å². The van der Waals surface area contributed by atoms with Crippen LogP contribution < -0.4 is 0 Å². The van der Waals surface area contributed by atoms with Crippen molar-refractivity contribution in [2.75, 3.05) is 0 Å². The molecule has 0 saturated heterocycles. The van der Waals surface area contributed by atoms with Gasteiger partial charge in [-0.2, -0.15) is 8.42 Å². The second kappa shape index (κ2) is 3.85. The maximum Gasteiger partial charge on any atom is 0.305 e. The van der Waals surface area contributed by atoms with Crippen molar-refractivity contribution in [2.24, 2.45) is 0 Å². The summed E-state index contributed by atoms with van der Waals surface area (Å²) >= 11 is 0. The molecule has 0 aromatic heterocycles. The SMILES string of the molecule is O=C(c1ccccc1)[C@H](F)S(=O)(=O)O. The lowest BCUT2D eigenvalue weighted by atomic mass is 10.1. The topological polar surface area (TPSA) is 71.4 Å². The summed E-state index contributed by atoms with van der Waals surface area (Å²) in [6.45, 7) is 0. The van der Waals surface area contributed by atoms with Crippen molar-refractivity contribution in [1.29, 1.82) is 0 Å². The Morgan fingerprint density at radius 2 is 1.79 bits per heavy atom. The maximum absolute atomic E-state index is 12.8. The molecule has 0 saturated carbocycles. The molecule has 0 radical (unpaired) electrons. The van der Waals surface area contributed by atoms with E-state index in [2.05, 4.69) is 0 Å². The highest BCUT2D eigenvalue weighted by atomic mass is 32.2. The van der Waals surface area contributed by atoms with Crippen molar-refractivity contribution >= 4 is 15.9 Å². The predicted molar refractivity (Wildman–Crippen MR) is 47.2 cm³/mol. The fraction of sp³-hybridized carbons (Fsp3) is 0.125. The van der Waals surface area contributed by atoms with E-state index in [0.717, 1.165) is 0 Å². The zero-order valence-electron chi connectivity index (χ0n) is 6.92. The maximum atomic E-state index is 12.8. The Bertz CT molecular complexity index is 426. The van der Waals surface area contributed by atoms with Crippen LogP contribution >= 0.6 is 0 Å².